The number of nitrogens with one attached hydrogen (secondary N) is 1. The minimum Gasteiger partial charge on any atom is -0.345 e. The Kier molecular flexibility index (Phi) is 4.70. The number of hydrogen-bond donors (Lipinski definition) is 1. The van der Waals surface area contributed by atoms with Gasteiger partial charge in [0, 0.05) is 25.5 Å². The summed E-state index contributed by atoms with van der Waals surface area (Å²) in [5.41, 5.74) is 3.73. The van der Waals surface area contributed by atoms with Crippen molar-refractivity contribution >= 4 is 23.2 Å². The number of nitrogens with zero attached hydrogens (tertiary/aromatic N) is 2. The Morgan fingerprint density at radius 1 is 1.33 bits per heavy atom. The van der Waals surface area contributed by atoms with Gasteiger partial charge in [0.2, 0.25) is 0 Å². The van der Waals surface area contributed by atoms with Crippen molar-refractivity contribution in [2.75, 3.05) is 19.4 Å². The van der Waals surface area contributed by atoms with Crippen LogP contribution in [-0.2, 0) is 13.6 Å². The van der Waals surface area contributed by atoms with E-state index in [-0.39, 0.29) is 5.91 Å². The highest BCUT2D eigenvalue weighted by atomic mass is 35.5. The second kappa shape index (κ2) is 6.33. The molecule has 0 bridgehead atoms. The third-order valence-corrected chi connectivity index (χ3v) is 3.50. The minimum atomic E-state index is -0.163. The molecular weight excluding hydrogens is 286 g/mol. The Bertz CT molecular complexity index is 662. The van der Waals surface area contributed by atoms with Crippen LogP contribution in [0.15, 0.2) is 30.5 Å². The minimum absolute atomic E-state index is 0.163. The zero-order valence-electron chi connectivity index (χ0n) is 12.8. The Morgan fingerprint density at radius 3 is 2.57 bits per heavy atom. The summed E-state index contributed by atoms with van der Waals surface area (Å²) in [6.07, 6.45) is 1.71. The summed E-state index contributed by atoms with van der Waals surface area (Å²) < 4.78 is 1.71. The van der Waals surface area contributed by atoms with E-state index in [1.165, 1.54) is 5.56 Å². The van der Waals surface area contributed by atoms with Crippen LogP contribution >= 0.6 is 11.6 Å². The van der Waals surface area contributed by atoms with Crippen LogP contribution in [0.5, 0.6) is 0 Å². The predicted octanol–water partition coefficient (Wildman–Crippen LogP) is 3.30. The quantitative estimate of drug-likeness (QED) is 0.941. The molecule has 1 heterocycles. The summed E-state index contributed by atoms with van der Waals surface area (Å²) in [5, 5.41) is 3.46. The van der Waals surface area contributed by atoms with Crippen LogP contribution < -0.4 is 5.32 Å². The van der Waals surface area contributed by atoms with E-state index in [4.69, 9.17) is 11.6 Å². The van der Waals surface area contributed by atoms with Crippen LogP contribution in [0.1, 0.15) is 21.6 Å². The Labute approximate surface area is 130 Å². The number of anilines is 1. The van der Waals surface area contributed by atoms with Gasteiger partial charge in [0.05, 0.1) is 5.02 Å². The Balaban J connectivity index is 2.15. The summed E-state index contributed by atoms with van der Waals surface area (Å²) in [6, 6.07) is 7.61. The smallest absolute Gasteiger partial charge is 0.272 e. The Hall–Kier alpha value is -1.78. The van der Waals surface area contributed by atoms with Gasteiger partial charge < -0.3 is 14.8 Å². The molecule has 1 N–H and O–H groups in total. The molecule has 0 fully saturated rings. The van der Waals surface area contributed by atoms with Crippen molar-refractivity contribution in [1.29, 1.82) is 0 Å². The highest BCUT2D eigenvalue weighted by Gasteiger charge is 2.12. The van der Waals surface area contributed by atoms with Crippen molar-refractivity contribution in [2.45, 2.75) is 13.5 Å². The number of benzene rings is 1. The normalized spacial score (nSPS) is 11.0. The van der Waals surface area contributed by atoms with E-state index in [1.807, 2.05) is 39.2 Å². The van der Waals surface area contributed by atoms with Crippen LogP contribution in [0.4, 0.5) is 5.69 Å². The third-order valence-electron chi connectivity index (χ3n) is 3.29. The first-order valence-electron chi connectivity index (χ1n) is 6.74. The van der Waals surface area contributed by atoms with Crippen molar-refractivity contribution in [3.8, 4) is 0 Å². The molecule has 0 aliphatic carbocycles. The van der Waals surface area contributed by atoms with E-state index in [2.05, 4.69) is 10.2 Å². The van der Waals surface area contributed by atoms with Gasteiger partial charge in [0.25, 0.3) is 5.91 Å². The van der Waals surface area contributed by atoms with Gasteiger partial charge >= 0.3 is 0 Å². The maximum Gasteiger partial charge on any atom is 0.272 e. The second-order valence-corrected chi connectivity index (χ2v) is 5.92. The van der Waals surface area contributed by atoms with Crippen LogP contribution in [-0.4, -0.2) is 29.5 Å². The first-order chi connectivity index (χ1) is 9.86. The molecule has 1 aromatic heterocycles. The van der Waals surface area contributed by atoms with Crippen LogP contribution in [0.3, 0.4) is 0 Å². The lowest BCUT2D eigenvalue weighted by molar-refractivity contribution is 0.101. The van der Waals surface area contributed by atoms with Gasteiger partial charge in [-0.2, -0.15) is 0 Å². The molecule has 2 rings (SSSR count). The average Bonchev–Trinajstić information content (AvgIpc) is 2.71. The van der Waals surface area contributed by atoms with Gasteiger partial charge in [0.1, 0.15) is 5.69 Å². The van der Waals surface area contributed by atoms with E-state index in [1.54, 1.807) is 23.9 Å². The van der Waals surface area contributed by atoms with Gasteiger partial charge in [-0.1, -0.05) is 17.7 Å². The van der Waals surface area contributed by atoms with E-state index < -0.39 is 0 Å². The number of aryl methyl sites for hydroxylation is 2. The van der Waals surface area contributed by atoms with Crippen LogP contribution in [0.25, 0.3) is 0 Å². The number of carbonyl (C=O) groups excluding carboxylic acids is 1. The number of aromatic nitrogens is 1. The molecule has 1 aromatic carbocycles. The molecular formula is C16H20ClN3O. The second-order valence-electron chi connectivity index (χ2n) is 5.49. The van der Waals surface area contributed by atoms with Crippen LogP contribution in [0, 0.1) is 6.92 Å². The SMILES string of the molecule is Cc1cc(NC(=O)c2cc(Cl)cn2C)ccc1CN(C)C. The fraction of sp³-hybridized carbons (Fsp3) is 0.312. The molecule has 2 aromatic rings. The number of carbonyl (C=O) groups is 1. The van der Waals surface area contributed by atoms with Gasteiger partial charge in [-0.05, 0) is 50.3 Å². The van der Waals surface area contributed by atoms with Gasteiger partial charge in [0.15, 0.2) is 0 Å². The number of halogens is 1. The van der Waals surface area contributed by atoms with E-state index in [9.17, 15) is 4.79 Å². The molecule has 0 spiro atoms. The number of amides is 1. The van der Waals surface area contributed by atoms with Gasteiger partial charge in [-0.15, -0.1) is 0 Å². The first kappa shape index (κ1) is 15.6. The fourth-order valence-electron chi connectivity index (χ4n) is 2.24. The molecule has 0 atom stereocenters. The molecule has 0 aliphatic heterocycles. The molecule has 0 unspecified atom stereocenters. The predicted molar refractivity (Wildman–Crippen MR) is 86.9 cm³/mol. The lowest BCUT2D eigenvalue weighted by Gasteiger charge is -2.14. The summed E-state index contributed by atoms with van der Waals surface area (Å²) in [5.74, 6) is -0.163. The molecule has 0 aliphatic rings. The fourth-order valence-corrected chi connectivity index (χ4v) is 2.49. The lowest BCUT2D eigenvalue weighted by Crippen LogP contribution is -2.16. The number of rotatable bonds is 4. The molecule has 0 radical (unpaired) electrons. The summed E-state index contributed by atoms with van der Waals surface area (Å²) in [7, 11) is 5.87. The summed E-state index contributed by atoms with van der Waals surface area (Å²) in [4.78, 5) is 14.3. The van der Waals surface area contributed by atoms with E-state index in [0.717, 1.165) is 17.8 Å². The first-order valence-corrected chi connectivity index (χ1v) is 7.12. The third kappa shape index (κ3) is 3.86. The van der Waals surface area contributed by atoms with Crippen molar-refractivity contribution in [1.82, 2.24) is 9.47 Å². The zero-order chi connectivity index (χ0) is 15.6. The molecule has 4 nitrogen and oxygen atoms in total. The van der Waals surface area contributed by atoms with Gasteiger partial charge in [-0.25, -0.2) is 0 Å². The maximum absolute atomic E-state index is 12.2. The van der Waals surface area contributed by atoms with Gasteiger partial charge in [-0.3, -0.25) is 4.79 Å². The number of hydrogen-bond acceptors (Lipinski definition) is 2. The van der Waals surface area contributed by atoms with Crippen molar-refractivity contribution < 1.29 is 4.79 Å². The van der Waals surface area contributed by atoms with Crippen molar-refractivity contribution in [2.24, 2.45) is 7.05 Å². The highest BCUT2D eigenvalue weighted by molar-refractivity contribution is 6.31. The average molecular weight is 306 g/mol. The molecule has 1 amide bonds. The van der Waals surface area contributed by atoms with E-state index in [0.29, 0.717) is 10.7 Å². The van der Waals surface area contributed by atoms with Crippen molar-refractivity contribution in [3.63, 3.8) is 0 Å². The summed E-state index contributed by atoms with van der Waals surface area (Å²) >= 11 is 5.90. The maximum atomic E-state index is 12.2. The topological polar surface area (TPSA) is 37.3 Å². The summed E-state index contributed by atoms with van der Waals surface area (Å²) in [6.45, 7) is 2.93. The highest BCUT2D eigenvalue weighted by Crippen LogP contribution is 2.18. The van der Waals surface area contributed by atoms with E-state index >= 15 is 0 Å². The molecule has 0 saturated heterocycles. The molecule has 112 valence electrons. The molecule has 21 heavy (non-hydrogen) atoms. The largest absolute Gasteiger partial charge is 0.345 e. The molecule has 5 heteroatoms. The standard InChI is InChI=1S/C16H20ClN3O/c1-11-7-14(6-5-12(11)9-19(2)3)18-16(21)15-8-13(17)10-20(15)4/h5-8,10H,9H2,1-4H3,(H,18,21). The van der Waals surface area contributed by atoms with Crippen molar-refractivity contribution in [3.05, 3.63) is 52.3 Å². The molecule has 0 saturated carbocycles. The van der Waals surface area contributed by atoms with Crippen LogP contribution in [0.2, 0.25) is 5.02 Å². The monoisotopic (exact) mass is 305 g/mol. The lowest BCUT2D eigenvalue weighted by atomic mass is 10.1. The zero-order valence-corrected chi connectivity index (χ0v) is 13.5. The Morgan fingerprint density at radius 2 is 2.05 bits per heavy atom.